The number of nitrogens with zero attached hydrogens (tertiary/aromatic N) is 2. The number of morpholine rings is 1. The van der Waals surface area contributed by atoms with E-state index in [0.29, 0.717) is 30.0 Å². The summed E-state index contributed by atoms with van der Waals surface area (Å²) in [6.07, 6.45) is 2.82. The lowest BCUT2D eigenvalue weighted by Crippen LogP contribution is -2.36. The summed E-state index contributed by atoms with van der Waals surface area (Å²) in [6.45, 7) is 3.12. The van der Waals surface area contributed by atoms with Crippen molar-refractivity contribution in [2.45, 2.75) is 12.8 Å². The number of carbonyl (C=O) groups is 1. The number of hydrogen-bond donors (Lipinski definition) is 1. The van der Waals surface area contributed by atoms with Crippen molar-refractivity contribution in [3.8, 4) is 11.5 Å². The fourth-order valence-electron chi connectivity index (χ4n) is 2.95. The van der Waals surface area contributed by atoms with Crippen molar-refractivity contribution < 1.29 is 19.0 Å². The fraction of sp³-hybridized carbons (Fsp3) is 0.400. The van der Waals surface area contributed by atoms with Gasteiger partial charge in [-0.25, -0.2) is 4.98 Å². The minimum absolute atomic E-state index is 0.0665. The molecule has 27 heavy (non-hydrogen) atoms. The highest BCUT2D eigenvalue weighted by Crippen LogP contribution is 2.29. The van der Waals surface area contributed by atoms with Crippen molar-refractivity contribution in [2.24, 2.45) is 0 Å². The molecule has 1 aromatic carbocycles. The van der Waals surface area contributed by atoms with Crippen LogP contribution in [0.3, 0.4) is 0 Å². The zero-order chi connectivity index (χ0) is 19.1. The molecule has 1 aliphatic heterocycles. The van der Waals surface area contributed by atoms with E-state index >= 15 is 0 Å². The third-order valence-electron chi connectivity index (χ3n) is 4.47. The second kappa shape index (κ2) is 9.23. The number of pyridine rings is 1. The van der Waals surface area contributed by atoms with E-state index in [9.17, 15) is 4.79 Å². The first kappa shape index (κ1) is 19.0. The predicted octanol–water partition coefficient (Wildman–Crippen LogP) is 2.51. The molecule has 7 nitrogen and oxygen atoms in total. The fourth-order valence-corrected chi connectivity index (χ4v) is 2.95. The van der Waals surface area contributed by atoms with Crippen LogP contribution in [0.4, 0.5) is 11.5 Å². The third-order valence-corrected chi connectivity index (χ3v) is 4.47. The Morgan fingerprint density at radius 1 is 1.19 bits per heavy atom. The standard InChI is InChI=1S/C20H25N3O4/c1-25-16-4-5-17(18(14-16)26-2)22-20(24)6-3-15-7-8-21-19(13-15)23-9-11-27-12-10-23/h4-5,7-8,13-14H,3,6,9-12H2,1-2H3,(H,22,24). The van der Waals surface area contributed by atoms with Gasteiger partial charge in [0, 0.05) is 31.8 Å². The van der Waals surface area contributed by atoms with Crippen LogP contribution in [0, 0.1) is 0 Å². The first-order valence-corrected chi connectivity index (χ1v) is 8.99. The Labute approximate surface area is 159 Å². The smallest absolute Gasteiger partial charge is 0.224 e. The second-order valence-corrected chi connectivity index (χ2v) is 6.24. The Hall–Kier alpha value is -2.80. The zero-order valence-corrected chi connectivity index (χ0v) is 15.7. The van der Waals surface area contributed by atoms with E-state index in [4.69, 9.17) is 14.2 Å². The summed E-state index contributed by atoms with van der Waals surface area (Å²) >= 11 is 0. The maximum Gasteiger partial charge on any atom is 0.224 e. The molecule has 0 spiro atoms. The average molecular weight is 371 g/mol. The van der Waals surface area contributed by atoms with Crippen molar-refractivity contribution in [1.82, 2.24) is 4.98 Å². The summed E-state index contributed by atoms with van der Waals surface area (Å²) in [5, 5.41) is 2.90. The monoisotopic (exact) mass is 371 g/mol. The molecule has 0 saturated carbocycles. The van der Waals surface area contributed by atoms with Crippen LogP contribution in [-0.4, -0.2) is 51.4 Å². The van der Waals surface area contributed by atoms with Crippen LogP contribution in [0.15, 0.2) is 36.5 Å². The Bertz CT molecular complexity index is 776. The topological polar surface area (TPSA) is 72.9 Å². The number of ether oxygens (including phenoxy) is 3. The Kier molecular flexibility index (Phi) is 6.49. The molecule has 3 rings (SSSR count). The lowest BCUT2D eigenvalue weighted by molar-refractivity contribution is -0.116. The number of amides is 1. The number of aromatic nitrogens is 1. The van der Waals surface area contributed by atoms with E-state index in [1.165, 1.54) is 0 Å². The van der Waals surface area contributed by atoms with Gasteiger partial charge in [0.1, 0.15) is 17.3 Å². The third kappa shape index (κ3) is 5.10. The molecule has 0 unspecified atom stereocenters. The minimum atomic E-state index is -0.0665. The lowest BCUT2D eigenvalue weighted by Gasteiger charge is -2.28. The van der Waals surface area contributed by atoms with Crippen molar-refractivity contribution in [3.63, 3.8) is 0 Å². The highest BCUT2D eigenvalue weighted by Gasteiger charge is 2.13. The van der Waals surface area contributed by atoms with Crippen molar-refractivity contribution >= 4 is 17.4 Å². The number of carbonyl (C=O) groups excluding carboxylic acids is 1. The first-order valence-electron chi connectivity index (χ1n) is 8.99. The van der Waals surface area contributed by atoms with E-state index in [2.05, 4.69) is 15.2 Å². The van der Waals surface area contributed by atoms with Crippen LogP contribution in [0.2, 0.25) is 0 Å². The molecule has 0 aliphatic carbocycles. The van der Waals surface area contributed by atoms with Crippen molar-refractivity contribution in [2.75, 3.05) is 50.7 Å². The van der Waals surface area contributed by atoms with Gasteiger partial charge in [0.25, 0.3) is 0 Å². The molecular formula is C20H25N3O4. The summed E-state index contributed by atoms with van der Waals surface area (Å²) in [5.74, 6) is 2.12. The normalized spacial score (nSPS) is 13.9. The Balaban J connectivity index is 1.58. The van der Waals surface area contributed by atoms with Gasteiger partial charge in [-0.3, -0.25) is 4.79 Å². The first-order chi connectivity index (χ1) is 13.2. The van der Waals surface area contributed by atoms with Gasteiger partial charge in [0.2, 0.25) is 5.91 Å². The maximum atomic E-state index is 12.4. The van der Waals surface area contributed by atoms with Gasteiger partial charge >= 0.3 is 0 Å². The molecule has 1 amide bonds. The van der Waals surface area contributed by atoms with Gasteiger partial charge in [-0.2, -0.15) is 0 Å². The highest BCUT2D eigenvalue weighted by molar-refractivity contribution is 5.92. The molecular weight excluding hydrogens is 346 g/mol. The number of benzene rings is 1. The molecule has 7 heteroatoms. The second-order valence-electron chi connectivity index (χ2n) is 6.24. The van der Waals surface area contributed by atoms with Crippen LogP contribution < -0.4 is 19.7 Å². The van der Waals surface area contributed by atoms with E-state index in [0.717, 1.165) is 37.7 Å². The van der Waals surface area contributed by atoms with Gasteiger partial charge in [-0.05, 0) is 36.2 Å². The summed E-state index contributed by atoms with van der Waals surface area (Å²) in [7, 11) is 3.15. The Morgan fingerprint density at radius 3 is 2.74 bits per heavy atom. The van der Waals surface area contributed by atoms with Crippen LogP contribution in [0.5, 0.6) is 11.5 Å². The van der Waals surface area contributed by atoms with Crippen LogP contribution in [0.1, 0.15) is 12.0 Å². The molecule has 1 N–H and O–H groups in total. The number of rotatable bonds is 7. The molecule has 1 fully saturated rings. The zero-order valence-electron chi connectivity index (χ0n) is 15.7. The number of anilines is 2. The summed E-state index contributed by atoms with van der Waals surface area (Å²) in [6, 6.07) is 9.30. The molecule has 0 atom stereocenters. The molecule has 144 valence electrons. The van der Waals surface area contributed by atoms with Gasteiger partial charge in [0.05, 0.1) is 33.1 Å². The maximum absolute atomic E-state index is 12.4. The molecule has 0 bridgehead atoms. The molecule has 1 saturated heterocycles. The van der Waals surface area contributed by atoms with Crippen molar-refractivity contribution in [3.05, 3.63) is 42.1 Å². The van der Waals surface area contributed by atoms with Crippen molar-refractivity contribution in [1.29, 1.82) is 0 Å². The minimum Gasteiger partial charge on any atom is -0.497 e. The molecule has 2 heterocycles. The number of aryl methyl sites for hydroxylation is 1. The van der Waals surface area contributed by atoms with E-state index in [1.807, 2.05) is 12.1 Å². The van der Waals surface area contributed by atoms with Crippen LogP contribution >= 0.6 is 0 Å². The number of nitrogens with one attached hydrogen (secondary N) is 1. The van der Waals surface area contributed by atoms with E-state index < -0.39 is 0 Å². The van der Waals surface area contributed by atoms with Crippen LogP contribution in [-0.2, 0) is 16.0 Å². The molecule has 0 radical (unpaired) electrons. The van der Waals surface area contributed by atoms with E-state index in [-0.39, 0.29) is 5.91 Å². The van der Waals surface area contributed by atoms with Gasteiger partial charge in [0.15, 0.2) is 0 Å². The lowest BCUT2D eigenvalue weighted by atomic mass is 10.1. The summed E-state index contributed by atoms with van der Waals surface area (Å²) < 4.78 is 15.9. The summed E-state index contributed by atoms with van der Waals surface area (Å²) in [5.41, 5.74) is 1.72. The van der Waals surface area contributed by atoms with Gasteiger partial charge < -0.3 is 24.4 Å². The molecule has 1 aliphatic rings. The number of methoxy groups -OCH3 is 2. The predicted molar refractivity (Wildman–Crippen MR) is 104 cm³/mol. The SMILES string of the molecule is COc1ccc(NC(=O)CCc2ccnc(N3CCOCC3)c2)c(OC)c1. The Morgan fingerprint density at radius 2 is 2.00 bits per heavy atom. The number of hydrogen-bond acceptors (Lipinski definition) is 6. The molecule has 1 aromatic heterocycles. The van der Waals surface area contributed by atoms with Gasteiger partial charge in [-0.1, -0.05) is 0 Å². The summed E-state index contributed by atoms with van der Waals surface area (Å²) in [4.78, 5) is 19.0. The molecule has 2 aromatic rings. The van der Waals surface area contributed by atoms with Gasteiger partial charge in [-0.15, -0.1) is 0 Å². The largest absolute Gasteiger partial charge is 0.497 e. The van der Waals surface area contributed by atoms with Crippen LogP contribution in [0.25, 0.3) is 0 Å². The quantitative estimate of drug-likeness (QED) is 0.806. The van der Waals surface area contributed by atoms with E-state index in [1.54, 1.807) is 38.6 Å². The highest BCUT2D eigenvalue weighted by atomic mass is 16.5. The average Bonchev–Trinajstić information content (AvgIpc) is 2.73.